The third kappa shape index (κ3) is 4.08. The number of likely N-dealkylation sites (N-methyl/N-ethyl adjacent to an activating group) is 1. The Morgan fingerprint density at radius 3 is 2.33 bits per heavy atom. The lowest BCUT2D eigenvalue weighted by molar-refractivity contribution is 0.0576. The molecule has 1 fully saturated rings. The van der Waals surface area contributed by atoms with Gasteiger partial charge in [-0.15, -0.1) is 0 Å². The summed E-state index contributed by atoms with van der Waals surface area (Å²) in [4.78, 5) is 2.41. The molecule has 0 aromatic heterocycles. The molecule has 118 valence electrons. The van der Waals surface area contributed by atoms with E-state index in [1.807, 2.05) is 0 Å². The maximum absolute atomic E-state index is 3.74. The average Bonchev–Trinajstić information content (AvgIpc) is 2.44. The van der Waals surface area contributed by atoms with Crippen LogP contribution < -0.4 is 5.32 Å². The van der Waals surface area contributed by atoms with Crippen LogP contribution in [0.3, 0.4) is 0 Å². The van der Waals surface area contributed by atoms with Crippen molar-refractivity contribution < 1.29 is 0 Å². The van der Waals surface area contributed by atoms with Gasteiger partial charge in [-0.3, -0.25) is 0 Å². The molecule has 0 radical (unpaired) electrons. The largest absolute Gasteiger partial charge is 0.308 e. The molecule has 21 heavy (non-hydrogen) atoms. The molecule has 1 aliphatic rings. The highest BCUT2D eigenvalue weighted by Crippen LogP contribution is 2.35. The number of hydrogen-bond donors (Lipinski definition) is 1. The predicted octanol–water partition coefficient (Wildman–Crippen LogP) is 4.16. The van der Waals surface area contributed by atoms with Gasteiger partial charge in [0.2, 0.25) is 0 Å². The number of rotatable bonds is 8. The van der Waals surface area contributed by atoms with Gasteiger partial charge in [0, 0.05) is 18.1 Å². The monoisotopic (exact) mass is 288 g/mol. The fourth-order valence-electron chi connectivity index (χ4n) is 3.18. The second-order valence-corrected chi connectivity index (χ2v) is 6.92. The molecule has 0 heterocycles. The standard InChI is InChI=1S/C19H32N2/c1-5-6-8-17-9-11-18(12-10-17)16(2)20-15-19(21(3)4)13-7-14-19/h9-12,16,20H,5-8,13-15H2,1-4H3. The van der Waals surface area contributed by atoms with Crippen molar-refractivity contribution >= 4 is 0 Å². The van der Waals surface area contributed by atoms with E-state index in [0.717, 1.165) is 6.54 Å². The van der Waals surface area contributed by atoms with Crippen LogP contribution in [-0.2, 0) is 6.42 Å². The molecule has 1 aliphatic carbocycles. The summed E-state index contributed by atoms with van der Waals surface area (Å²) in [5.41, 5.74) is 3.27. The maximum atomic E-state index is 3.74. The zero-order valence-electron chi connectivity index (χ0n) is 14.3. The van der Waals surface area contributed by atoms with Crippen LogP contribution in [0.2, 0.25) is 0 Å². The molecular formula is C19H32N2. The summed E-state index contributed by atoms with van der Waals surface area (Å²) in [6.07, 6.45) is 7.80. The Labute approximate surface area is 130 Å². The van der Waals surface area contributed by atoms with E-state index in [2.05, 4.69) is 62.4 Å². The van der Waals surface area contributed by atoms with Crippen molar-refractivity contribution in [3.63, 3.8) is 0 Å². The van der Waals surface area contributed by atoms with E-state index in [4.69, 9.17) is 0 Å². The van der Waals surface area contributed by atoms with Crippen LogP contribution in [0.15, 0.2) is 24.3 Å². The normalized spacial score (nSPS) is 18.5. The molecule has 0 aliphatic heterocycles. The van der Waals surface area contributed by atoms with E-state index in [1.54, 1.807) is 0 Å². The summed E-state index contributed by atoms with van der Waals surface area (Å²) in [5, 5.41) is 3.74. The van der Waals surface area contributed by atoms with Gasteiger partial charge in [0.25, 0.3) is 0 Å². The lowest BCUT2D eigenvalue weighted by Gasteiger charge is -2.48. The van der Waals surface area contributed by atoms with Crippen molar-refractivity contribution in [3.8, 4) is 0 Å². The maximum Gasteiger partial charge on any atom is 0.0328 e. The molecule has 0 saturated heterocycles. The van der Waals surface area contributed by atoms with Crippen molar-refractivity contribution in [1.29, 1.82) is 0 Å². The first-order valence-corrected chi connectivity index (χ1v) is 8.57. The highest BCUT2D eigenvalue weighted by atomic mass is 15.2. The molecule has 1 N–H and O–H groups in total. The Morgan fingerprint density at radius 1 is 1.19 bits per heavy atom. The van der Waals surface area contributed by atoms with Crippen molar-refractivity contribution in [2.75, 3.05) is 20.6 Å². The van der Waals surface area contributed by atoms with Gasteiger partial charge >= 0.3 is 0 Å². The van der Waals surface area contributed by atoms with Crippen LogP contribution in [0.1, 0.15) is 63.1 Å². The van der Waals surface area contributed by atoms with Crippen LogP contribution in [0.25, 0.3) is 0 Å². The number of aryl methyl sites for hydroxylation is 1. The number of nitrogens with zero attached hydrogens (tertiary/aromatic N) is 1. The van der Waals surface area contributed by atoms with E-state index in [1.165, 1.54) is 49.7 Å². The van der Waals surface area contributed by atoms with Crippen LogP contribution in [0.5, 0.6) is 0 Å². The van der Waals surface area contributed by atoms with Crippen molar-refractivity contribution in [2.24, 2.45) is 0 Å². The van der Waals surface area contributed by atoms with Gasteiger partial charge < -0.3 is 10.2 Å². The van der Waals surface area contributed by atoms with Gasteiger partial charge in [0.1, 0.15) is 0 Å². The third-order valence-electron chi connectivity index (χ3n) is 5.27. The summed E-state index contributed by atoms with van der Waals surface area (Å²) in [6.45, 7) is 5.63. The topological polar surface area (TPSA) is 15.3 Å². The number of benzene rings is 1. The van der Waals surface area contributed by atoms with Crippen molar-refractivity contribution in [2.45, 2.75) is 64.0 Å². The summed E-state index contributed by atoms with van der Waals surface area (Å²) >= 11 is 0. The van der Waals surface area contributed by atoms with E-state index >= 15 is 0 Å². The second kappa shape index (κ2) is 7.42. The van der Waals surface area contributed by atoms with Crippen molar-refractivity contribution in [3.05, 3.63) is 35.4 Å². The SMILES string of the molecule is CCCCc1ccc(C(C)NCC2(N(C)C)CCC2)cc1. The second-order valence-electron chi connectivity index (χ2n) is 6.92. The molecule has 0 spiro atoms. The Bertz CT molecular complexity index is 418. The summed E-state index contributed by atoms with van der Waals surface area (Å²) in [6, 6.07) is 9.63. The first-order valence-electron chi connectivity index (χ1n) is 8.57. The summed E-state index contributed by atoms with van der Waals surface area (Å²) < 4.78 is 0. The molecule has 1 saturated carbocycles. The van der Waals surface area contributed by atoms with Gasteiger partial charge in [-0.2, -0.15) is 0 Å². The lowest BCUT2D eigenvalue weighted by atomic mass is 9.75. The fourth-order valence-corrected chi connectivity index (χ4v) is 3.18. The molecule has 2 heteroatoms. The summed E-state index contributed by atoms with van der Waals surface area (Å²) in [5.74, 6) is 0. The predicted molar refractivity (Wildman–Crippen MR) is 91.7 cm³/mol. The van der Waals surface area contributed by atoms with E-state index in [9.17, 15) is 0 Å². The molecule has 1 atom stereocenters. The minimum atomic E-state index is 0.398. The Balaban J connectivity index is 1.86. The minimum absolute atomic E-state index is 0.398. The zero-order chi connectivity index (χ0) is 15.3. The molecular weight excluding hydrogens is 256 g/mol. The van der Waals surface area contributed by atoms with Gasteiger partial charge in [0.05, 0.1) is 0 Å². The van der Waals surface area contributed by atoms with Crippen LogP contribution >= 0.6 is 0 Å². The van der Waals surface area contributed by atoms with E-state index in [-0.39, 0.29) is 0 Å². The molecule has 1 aromatic carbocycles. The Kier molecular flexibility index (Phi) is 5.83. The fraction of sp³-hybridized carbons (Fsp3) is 0.684. The quantitative estimate of drug-likeness (QED) is 0.772. The van der Waals surface area contributed by atoms with Crippen molar-refractivity contribution in [1.82, 2.24) is 10.2 Å². The van der Waals surface area contributed by atoms with Gasteiger partial charge in [-0.25, -0.2) is 0 Å². The van der Waals surface area contributed by atoms with Gasteiger partial charge in [-0.1, -0.05) is 37.6 Å². The van der Waals surface area contributed by atoms with Gasteiger partial charge in [-0.05, 0) is 64.3 Å². The number of nitrogens with one attached hydrogen (secondary N) is 1. The van der Waals surface area contributed by atoms with E-state index in [0.29, 0.717) is 11.6 Å². The van der Waals surface area contributed by atoms with Gasteiger partial charge in [0.15, 0.2) is 0 Å². The smallest absolute Gasteiger partial charge is 0.0328 e. The Hall–Kier alpha value is -0.860. The zero-order valence-corrected chi connectivity index (χ0v) is 14.3. The lowest BCUT2D eigenvalue weighted by Crippen LogP contribution is -2.56. The molecule has 1 unspecified atom stereocenters. The molecule has 2 nitrogen and oxygen atoms in total. The Morgan fingerprint density at radius 2 is 1.86 bits per heavy atom. The van der Waals surface area contributed by atoms with Crippen LogP contribution in [-0.4, -0.2) is 31.1 Å². The molecule has 2 rings (SSSR count). The molecule has 0 amide bonds. The highest BCUT2D eigenvalue weighted by molar-refractivity contribution is 5.25. The number of hydrogen-bond acceptors (Lipinski definition) is 2. The van der Waals surface area contributed by atoms with Crippen LogP contribution in [0, 0.1) is 0 Å². The highest BCUT2D eigenvalue weighted by Gasteiger charge is 2.38. The average molecular weight is 288 g/mol. The van der Waals surface area contributed by atoms with Crippen LogP contribution in [0.4, 0.5) is 0 Å². The first kappa shape index (κ1) is 16.5. The number of unbranched alkanes of at least 4 members (excludes halogenated alkanes) is 1. The summed E-state index contributed by atoms with van der Waals surface area (Å²) in [7, 11) is 4.43. The molecule has 1 aromatic rings. The molecule has 0 bridgehead atoms. The minimum Gasteiger partial charge on any atom is -0.308 e. The third-order valence-corrected chi connectivity index (χ3v) is 5.27. The first-order chi connectivity index (χ1) is 10.1. The van der Waals surface area contributed by atoms with E-state index < -0.39 is 0 Å².